The van der Waals surface area contributed by atoms with E-state index < -0.39 is 6.04 Å². The van der Waals surface area contributed by atoms with Gasteiger partial charge in [-0.3, -0.25) is 14.5 Å². The van der Waals surface area contributed by atoms with Crippen LogP contribution >= 0.6 is 11.6 Å². The number of nitrogens with zero attached hydrogens (tertiary/aromatic N) is 1. The molecule has 2 aromatic carbocycles. The number of carbonyl (C=O) groups is 2. The van der Waals surface area contributed by atoms with Gasteiger partial charge in [-0.15, -0.1) is 0 Å². The van der Waals surface area contributed by atoms with Crippen LogP contribution in [0.3, 0.4) is 0 Å². The number of hydrogen-bond donors (Lipinski definition) is 1. The molecule has 0 saturated heterocycles. The van der Waals surface area contributed by atoms with Crippen LogP contribution in [0.1, 0.15) is 68.2 Å². The van der Waals surface area contributed by atoms with Crippen molar-refractivity contribution in [3.05, 3.63) is 94.5 Å². The van der Waals surface area contributed by atoms with Crippen molar-refractivity contribution in [2.24, 2.45) is 5.92 Å². The Morgan fingerprint density at radius 3 is 2.47 bits per heavy atom. The van der Waals surface area contributed by atoms with E-state index in [-0.39, 0.29) is 23.5 Å². The van der Waals surface area contributed by atoms with Gasteiger partial charge in [0, 0.05) is 34.5 Å². The lowest BCUT2D eigenvalue weighted by atomic mass is 9.79. The summed E-state index contributed by atoms with van der Waals surface area (Å²) in [4.78, 5) is 30.1. The molecule has 1 amide bonds. The highest BCUT2D eigenvalue weighted by atomic mass is 35.5. The summed E-state index contributed by atoms with van der Waals surface area (Å²) < 4.78 is 5.68. The lowest BCUT2D eigenvalue weighted by molar-refractivity contribution is -0.123. The van der Waals surface area contributed by atoms with Gasteiger partial charge in [-0.05, 0) is 61.2 Å². The van der Waals surface area contributed by atoms with Gasteiger partial charge in [-0.1, -0.05) is 55.1 Å². The Morgan fingerprint density at radius 1 is 0.944 bits per heavy atom. The normalized spacial score (nSPS) is 22.5. The van der Waals surface area contributed by atoms with Crippen LogP contribution in [-0.4, -0.2) is 11.7 Å². The first-order chi connectivity index (χ1) is 17.6. The Morgan fingerprint density at radius 2 is 1.72 bits per heavy atom. The summed E-state index contributed by atoms with van der Waals surface area (Å²) >= 11 is 6.24. The molecule has 36 heavy (non-hydrogen) atoms. The molecule has 3 aromatic rings. The van der Waals surface area contributed by atoms with E-state index in [2.05, 4.69) is 5.32 Å². The standard InChI is InChI=1S/C30H29ClN2O3/c31-22-14-12-19(13-15-22)29-28-24(17-21(18-26(28)34)27-11-6-16-36-27)32-23-9-4-5-10-25(23)33(29)30(35)20-7-2-1-3-8-20/h4-6,9-16,20-21,29,32H,1-3,7-8,17-18H2/t21-,29+/m0/s1. The summed E-state index contributed by atoms with van der Waals surface area (Å²) in [5, 5.41) is 4.20. The minimum Gasteiger partial charge on any atom is -0.469 e. The molecule has 1 aliphatic heterocycles. The zero-order valence-electron chi connectivity index (χ0n) is 20.1. The Kier molecular flexibility index (Phi) is 6.18. The van der Waals surface area contributed by atoms with Crippen LogP contribution in [0.2, 0.25) is 5.02 Å². The van der Waals surface area contributed by atoms with E-state index in [1.807, 2.05) is 65.6 Å². The summed E-state index contributed by atoms with van der Waals surface area (Å²) in [5.41, 5.74) is 4.07. The average molecular weight is 501 g/mol. The molecule has 1 fully saturated rings. The second-order valence-corrected chi connectivity index (χ2v) is 10.5. The molecule has 0 unspecified atom stereocenters. The number of hydrogen-bond acceptors (Lipinski definition) is 4. The number of Topliss-reactive ketones (excluding diaryl/α,β-unsaturated/α-hetero) is 1. The van der Waals surface area contributed by atoms with E-state index in [1.54, 1.807) is 6.26 Å². The molecule has 6 heteroatoms. The Bertz CT molecular complexity index is 1310. The maximum absolute atomic E-state index is 14.3. The van der Waals surface area contributed by atoms with Gasteiger partial charge in [0.05, 0.1) is 23.7 Å². The molecule has 1 N–H and O–H groups in total. The topological polar surface area (TPSA) is 62.6 Å². The van der Waals surface area contributed by atoms with Crippen LogP contribution in [0.4, 0.5) is 11.4 Å². The Balaban J connectivity index is 1.53. The fraction of sp³-hybridized carbons (Fsp3) is 0.333. The number of rotatable bonds is 3. The third-order valence-corrected chi connectivity index (χ3v) is 8.06. The molecule has 2 aliphatic carbocycles. The number of furan rings is 1. The highest BCUT2D eigenvalue weighted by Crippen LogP contribution is 2.48. The van der Waals surface area contributed by atoms with Gasteiger partial charge >= 0.3 is 0 Å². The van der Waals surface area contributed by atoms with E-state index in [0.717, 1.165) is 54.1 Å². The van der Waals surface area contributed by atoms with E-state index in [4.69, 9.17) is 16.0 Å². The van der Waals surface area contributed by atoms with Gasteiger partial charge in [0.1, 0.15) is 5.76 Å². The summed E-state index contributed by atoms with van der Waals surface area (Å²) in [6.45, 7) is 0. The second-order valence-electron chi connectivity index (χ2n) is 10.1. The smallest absolute Gasteiger partial charge is 0.231 e. The Hall–Kier alpha value is -3.31. The molecule has 2 atom stereocenters. The molecule has 5 nitrogen and oxygen atoms in total. The van der Waals surface area contributed by atoms with Crippen LogP contribution in [0.5, 0.6) is 0 Å². The zero-order chi connectivity index (χ0) is 24.6. The number of benzene rings is 2. The van der Waals surface area contributed by atoms with Crippen molar-refractivity contribution in [2.75, 3.05) is 10.2 Å². The highest BCUT2D eigenvalue weighted by Gasteiger charge is 2.43. The molecule has 0 radical (unpaired) electrons. The molecule has 184 valence electrons. The van der Waals surface area contributed by atoms with Gasteiger partial charge in [0.15, 0.2) is 5.78 Å². The van der Waals surface area contributed by atoms with Crippen molar-refractivity contribution in [3.63, 3.8) is 0 Å². The average Bonchev–Trinajstić information content (AvgIpc) is 3.40. The summed E-state index contributed by atoms with van der Waals surface area (Å²) in [6.07, 6.45) is 7.71. The first-order valence-electron chi connectivity index (χ1n) is 12.8. The molecular formula is C30H29ClN2O3. The fourth-order valence-corrected chi connectivity index (χ4v) is 6.19. The fourth-order valence-electron chi connectivity index (χ4n) is 6.06. The number of amides is 1. The van der Waals surface area contributed by atoms with Gasteiger partial charge < -0.3 is 9.73 Å². The van der Waals surface area contributed by atoms with E-state index >= 15 is 0 Å². The largest absolute Gasteiger partial charge is 0.469 e. The molecule has 0 bridgehead atoms. The number of allylic oxidation sites excluding steroid dienone is 1. The summed E-state index contributed by atoms with van der Waals surface area (Å²) in [5.74, 6) is 0.862. The third-order valence-electron chi connectivity index (χ3n) is 7.81. The minimum absolute atomic E-state index is 0.0411. The predicted molar refractivity (Wildman–Crippen MR) is 141 cm³/mol. The third kappa shape index (κ3) is 4.16. The maximum atomic E-state index is 14.3. The van der Waals surface area contributed by atoms with Crippen molar-refractivity contribution >= 4 is 34.7 Å². The van der Waals surface area contributed by atoms with Crippen molar-refractivity contribution in [3.8, 4) is 0 Å². The maximum Gasteiger partial charge on any atom is 0.231 e. The molecule has 2 heterocycles. The number of carbonyl (C=O) groups excluding carboxylic acids is 2. The lowest BCUT2D eigenvalue weighted by Crippen LogP contribution is -2.42. The summed E-state index contributed by atoms with van der Waals surface area (Å²) in [6, 6.07) is 18.7. The lowest BCUT2D eigenvalue weighted by Gasteiger charge is -2.37. The molecular weight excluding hydrogens is 472 g/mol. The SMILES string of the molecule is O=C1C[C@@H](c2ccco2)CC2=C1[C@@H](c1ccc(Cl)cc1)N(C(=O)C1CCCCC1)c1ccccc1N2. The summed E-state index contributed by atoms with van der Waals surface area (Å²) in [7, 11) is 0. The van der Waals surface area contributed by atoms with Crippen LogP contribution < -0.4 is 10.2 Å². The molecule has 0 spiro atoms. The van der Waals surface area contributed by atoms with Crippen LogP contribution in [-0.2, 0) is 9.59 Å². The van der Waals surface area contributed by atoms with E-state index in [0.29, 0.717) is 23.4 Å². The zero-order valence-corrected chi connectivity index (χ0v) is 20.8. The number of para-hydroxylation sites is 2. The number of anilines is 2. The van der Waals surface area contributed by atoms with Crippen LogP contribution in [0.15, 0.2) is 82.6 Å². The number of halogens is 1. The monoisotopic (exact) mass is 500 g/mol. The molecule has 3 aliphatic rings. The first kappa shape index (κ1) is 23.1. The number of nitrogens with one attached hydrogen (secondary N) is 1. The minimum atomic E-state index is -0.520. The van der Waals surface area contributed by atoms with Crippen molar-refractivity contribution in [2.45, 2.75) is 56.9 Å². The highest BCUT2D eigenvalue weighted by molar-refractivity contribution is 6.30. The van der Waals surface area contributed by atoms with Crippen LogP contribution in [0, 0.1) is 5.92 Å². The van der Waals surface area contributed by atoms with Crippen molar-refractivity contribution < 1.29 is 14.0 Å². The van der Waals surface area contributed by atoms with E-state index in [9.17, 15) is 9.59 Å². The van der Waals surface area contributed by atoms with Gasteiger partial charge in [-0.2, -0.15) is 0 Å². The molecule has 1 saturated carbocycles. The van der Waals surface area contributed by atoms with E-state index in [1.165, 1.54) is 6.42 Å². The van der Waals surface area contributed by atoms with Gasteiger partial charge in [0.25, 0.3) is 0 Å². The number of fused-ring (bicyclic) bond motifs is 1. The second kappa shape index (κ2) is 9.62. The first-order valence-corrected chi connectivity index (χ1v) is 13.2. The van der Waals surface area contributed by atoms with Gasteiger partial charge in [0.2, 0.25) is 5.91 Å². The van der Waals surface area contributed by atoms with Crippen molar-refractivity contribution in [1.29, 1.82) is 0 Å². The number of ketones is 1. The predicted octanol–water partition coefficient (Wildman–Crippen LogP) is 7.41. The Labute approximate surface area is 216 Å². The molecule has 6 rings (SSSR count). The molecule has 1 aromatic heterocycles. The van der Waals surface area contributed by atoms with Crippen molar-refractivity contribution in [1.82, 2.24) is 0 Å². The quantitative estimate of drug-likeness (QED) is 0.406. The van der Waals surface area contributed by atoms with Gasteiger partial charge in [-0.25, -0.2) is 0 Å². The van der Waals surface area contributed by atoms with Crippen LogP contribution in [0.25, 0.3) is 0 Å².